The van der Waals surface area contributed by atoms with Crippen molar-refractivity contribution >= 4 is 0 Å². The highest BCUT2D eigenvalue weighted by molar-refractivity contribution is 5.51. The van der Waals surface area contributed by atoms with E-state index in [0.29, 0.717) is 18.3 Å². The third-order valence-corrected chi connectivity index (χ3v) is 4.43. The Balaban J connectivity index is 1.52. The molecule has 1 aliphatic rings. The van der Waals surface area contributed by atoms with E-state index in [2.05, 4.69) is 20.3 Å². The number of aromatic nitrogens is 3. The molecule has 0 spiro atoms. The first-order valence-corrected chi connectivity index (χ1v) is 8.34. The van der Waals surface area contributed by atoms with E-state index >= 15 is 0 Å². The van der Waals surface area contributed by atoms with Gasteiger partial charge in [0.2, 0.25) is 11.8 Å². The van der Waals surface area contributed by atoms with Gasteiger partial charge < -0.3 is 8.94 Å². The number of hydrogen-bond acceptors (Lipinski definition) is 6. The summed E-state index contributed by atoms with van der Waals surface area (Å²) < 4.78 is 11.1. The summed E-state index contributed by atoms with van der Waals surface area (Å²) in [6, 6.07) is 12.1. The molecule has 0 N–H and O–H groups in total. The van der Waals surface area contributed by atoms with Crippen molar-refractivity contribution in [2.45, 2.75) is 38.8 Å². The van der Waals surface area contributed by atoms with Crippen LogP contribution in [0.15, 0.2) is 45.3 Å². The minimum absolute atomic E-state index is 0.253. The summed E-state index contributed by atoms with van der Waals surface area (Å²) in [6.07, 6.45) is 3.45. The smallest absolute Gasteiger partial charge is 0.247 e. The van der Waals surface area contributed by atoms with Gasteiger partial charge in [-0.15, -0.1) is 10.2 Å². The highest BCUT2D eigenvalue weighted by Crippen LogP contribution is 2.32. The zero-order chi connectivity index (χ0) is 16.4. The van der Waals surface area contributed by atoms with E-state index in [1.54, 1.807) is 0 Å². The van der Waals surface area contributed by atoms with Crippen molar-refractivity contribution in [3.63, 3.8) is 0 Å². The Morgan fingerprint density at radius 2 is 2.04 bits per heavy atom. The third-order valence-electron chi connectivity index (χ3n) is 4.43. The number of nitrogens with zero attached hydrogens (tertiary/aromatic N) is 4. The van der Waals surface area contributed by atoms with E-state index in [1.165, 1.54) is 12.8 Å². The maximum Gasteiger partial charge on any atom is 0.247 e. The predicted octanol–water partition coefficient (Wildman–Crippen LogP) is 3.76. The standard InChI is InChI=1S/C18H20N4O2/c1-13-11-15(21-24-13)16-9-5-6-10-22(16)12-17-19-20-18(23-17)14-7-3-2-4-8-14/h2-4,7-8,11,16H,5-6,9-10,12H2,1H3. The molecule has 0 amide bonds. The lowest BCUT2D eigenvalue weighted by Crippen LogP contribution is -2.33. The fourth-order valence-electron chi connectivity index (χ4n) is 3.25. The summed E-state index contributed by atoms with van der Waals surface area (Å²) in [6.45, 7) is 3.56. The van der Waals surface area contributed by atoms with E-state index < -0.39 is 0 Å². The van der Waals surface area contributed by atoms with Gasteiger partial charge in [0.05, 0.1) is 12.6 Å². The van der Waals surface area contributed by atoms with Crippen LogP contribution in [-0.4, -0.2) is 26.8 Å². The van der Waals surface area contributed by atoms with Crippen LogP contribution >= 0.6 is 0 Å². The molecule has 1 fully saturated rings. The van der Waals surface area contributed by atoms with E-state index in [9.17, 15) is 0 Å². The summed E-state index contributed by atoms with van der Waals surface area (Å²) in [5.74, 6) is 2.05. The van der Waals surface area contributed by atoms with Gasteiger partial charge in [-0.3, -0.25) is 4.90 Å². The van der Waals surface area contributed by atoms with Crippen LogP contribution in [0.5, 0.6) is 0 Å². The topological polar surface area (TPSA) is 68.2 Å². The molecule has 6 heteroatoms. The molecule has 1 aromatic carbocycles. The molecule has 4 rings (SSSR count). The summed E-state index contributed by atoms with van der Waals surface area (Å²) >= 11 is 0. The summed E-state index contributed by atoms with van der Waals surface area (Å²) in [7, 11) is 0. The minimum atomic E-state index is 0.253. The number of likely N-dealkylation sites (tertiary alicyclic amines) is 1. The van der Waals surface area contributed by atoms with Crippen LogP contribution in [0.2, 0.25) is 0 Å². The van der Waals surface area contributed by atoms with Crippen LogP contribution in [-0.2, 0) is 6.54 Å². The first-order valence-electron chi connectivity index (χ1n) is 8.34. The van der Waals surface area contributed by atoms with Gasteiger partial charge in [-0.1, -0.05) is 29.8 Å². The summed E-state index contributed by atoms with van der Waals surface area (Å²) in [5.41, 5.74) is 1.94. The van der Waals surface area contributed by atoms with Crippen molar-refractivity contribution in [2.24, 2.45) is 0 Å². The fourth-order valence-corrected chi connectivity index (χ4v) is 3.25. The number of rotatable bonds is 4. The Kier molecular flexibility index (Phi) is 4.13. The molecule has 0 radical (unpaired) electrons. The molecule has 0 aliphatic carbocycles. The van der Waals surface area contributed by atoms with E-state index in [1.807, 2.05) is 43.3 Å². The largest absolute Gasteiger partial charge is 0.419 e. The average molecular weight is 324 g/mol. The Labute approximate surface area is 140 Å². The quantitative estimate of drug-likeness (QED) is 0.728. The summed E-state index contributed by atoms with van der Waals surface area (Å²) in [4.78, 5) is 2.35. The van der Waals surface area contributed by atoms with Crippen LogP contribution < -0.4 is 0 Å². The molecule has 0 bridgehead atoms. The molecule has 3 heterocycles. The molecular formula is C18H20N4O2. The van der Waals surface area contributed by atoms with Gasteiger partial charge in [0, 0.05) is 11.6 Å². The first kappa shape index (κ1) is 15.1. The van der Waals surface area contributed by atoms with Crippen LogP contribution in [0, 0.1) is 6.92 Å². The van der Waals surface area contributed by atoms with Gasteiger partial charge in [-0.05, 0) is 38.4 Å². The highest BCUT2D eigenvalue weighted by Gasteiger charge is 2.28. The molecule has 124 valence electrons. The fraction of sp³-hybridized carbons (Fsp3) is 0.389. The second kappa shape index (κ2) is 6.57. The van der Waals surface area contributed by atoms with Gasteiger partial charge in [0.25, 0.3) is 0 Å². The monoisotopic (exact) mass is 324 g/mol. The lowest BCUT2D eigenvalue weighted by Gasteiger charge is -2.33. The van der Waals surface area contributed by atoms with E-state index in [4.69, 9.17) is 8.94 Å². The molecule has 3 aromatic rings. The Morgan fingerprint density at radius 3 is 2.83 bits per heavy atom. The van der Waals surface area contributed by atoms with E-state index in [0.717, 1.165) is 30.0 Å². The molecule has 2 aromatic heterocycles. The first-order chi connectivity index (χ1) is 11.8. The van der Waals surface area contributed by atoms with Gasteiger partial charge in [0.1, 0.15) is 11.5 Å². The molecule has 0 saturated carbocycles. The minimum Gasteiger partial charge on any atom is -0.419 e. The SMILES string of the molecule is Cc1cc(C2CCCCN2Cc2nnc(-c3ccccc3)o2)no1. The molecule has 1 unspecified atom stereocenters. The van der Waals surface area contributed by atoms with Gasteiger partial charge in [-0.25, -0.2) is 0 Å². The second-order valence-electron chi connectivity index (χ2n) is 6.21. The Bertz CT molecular complexity index is 796. The van der Waals surface area contributed by atoms with Gasteiger partial charge in [0.15, 0.2) is 0 Å². The second-order valence-corrected chi connectivity index (χ2v) is 6.21. The zero-order valence-electron chi connectivity index (χ0n) is 13.7. The van der Waals surface area contributed by atoms with E-state index in [-0.39, 0.29) is 6.04 Å². The van der Waals surface area contributed by atoms with Crippen LogP contribution in [0.3, 0.4) is 0 Å². The third kappa shape index (κ3) is 3.10. The molecule has 1 aliphatic heterocycles. The maximum atomic E-state index is 5.85. The Hall–Kier alpha value is -2.47. The highest BCUT2D eigenvalue weighted by atomic mass is 16.5. The predicted molar refractivity (Wildman–Crippen MR) is 88.0 cm³/mol. The number of aryl methyl sites for hydroxylation is 1. The van der Waals surface area contributed by atoms with Gasteiger partial charge in [-0.2, -0.15) is 0 Å². The van der Waals surface area contributed by atoms with Gasteiger partial charge >= 0.3 is 0 Å². The summed E-state index contributed by atoms with van der Waals surface area (Å²) in [5, 5.41) is 12.6. The zero-order valence-corrected chi connectivity index (χ0v) is 13.7. The van der Waals surface area contributed by atoms with Crippen LogP contribution in [0.1, 0.15) is 42.6 Å². The van der Waals surface area contributed by atoms with Crippen molar-refractivity contribution in [1.82, 2.24) is 20.3 Å². The van der Waals surface area contributed by atoms with Crippen molar-refractivity contribution in [2.75, 3.05) is 6.54 Å². The molecule has 1 atom stereocenters. The molecule has 1 saturated heterocycles. The lowest BCUT2D eigenvalue weighted by molar-refractivity contribution is 0.122. The number of hydrogen-bond donors (Lipinski definition) is 0. The lowest BCUT2D eigenvalue weighted by atomic mass is 9.99. The van der Waals surface area contributed by atoms with Crippen molar-refractivity contribution < 1.29 is 8.94 Å². The Morgan fingerprint density at radius 1 is 1.17 bits per heavy atom. The average Bonchev–Trinajstić information content (AvgIpc) is 3.25. The maximum absolute atomic E-state index is 5.85. The molecule has 24 heavy (non-hydrogen) atoms. The molecule has 6 nitrogen and oxygen atoms in total. The van der Waals surface area contributed by atoms with Crippen molar-refractivity contribution in [3.05, 3.63) is 53.7 Å². The number of benzene rings is 1. The van der Waals surface area contributed by atoms with Crippen molar-refractivity contribution in [1.29, 1.82) is 0 Å². The number of piperidine rings is 1. The molecular weight excluding hydrogens is 304 g/mol. The van der Waals surface area contributed by atoms with Crippen molar-refractivity contribution in [3.8, 4) is 11.5 Å². The normalized spacial score (nSPS) is 18.8. The van der Waals surface area contributed by atoms with Crippen LogP contribution in [0.25, 0.3) is 11.5 Å². The van der Waals surface area contributed by atoms with Crippen LogP contribution in [0.4, 0.5) is 0 Å².